The fourth-order valence-corrected chi connectivity index (χ4v) is 3.89. The van der Waals surface area contributed by atoms with E-state index in [2.05, 4.69) is 45.8 Å². The van der Waals surface area contributed by atoms with Crippen LogP contribution in [0.2, 0.25) is 0 Å². The number of halogens is 1. The molecule has 0 amide bonds. The van der Waals surface area contributed by atoms with Crippen molar-refractivity contribution in [3.8, 4) is 0 Å². The van der Waals surface area contributed by atoms with E-state index in [1.54, 1.807) is 5.57 Å². The van der Waals surface area contributed by atoms with Crippen LogP contribution in [0.1, 0.15) is 43.0 Å². The van der Waals surface area contributed by atoms with E-state index in [4.69, 9.17) is 0 Å². The van der Waals surface area contributed by atoms with Gasteiger partial charge in [0.25, 0.3) is 0 Å². The summed E-state index contributed by atoms with van der Waals surface area (Å²) >= 11 is 5.36. The van der Waals surface area contributed by atoms with Gasteiger partial charge in [-0.1, -0.05) is 18.1 Å². The van der Waals surface area contributed by atoms with E-state index in [9.17, 15) is 0 Å². The normalized spacial score (nSPS) is 19.0. The highest BCUT2D eigenvalue weighted by molar-refractivity contribution is 9.10. The van der Waals surface area contributed by atoms with E-state index in [1.807, 2.05) is 11.3 Å². The Morgan fingerprint density at radius 3 is 2.94 bits per heavy atom. The van der Waals surface area contributed by atoms with Crippen LogP contribution in [0, 0.1) is 0 Å². The van der Waals surface area contributed by atoms with Gasteiger partial charge in [-0.3, -0.25) is 0 Å². The lowest BCUT2D eigenvalue weighted by Crippen LogP contribution is -2.17. The van der Waals surface area contributed by atoms with Crippen LogP contribution >= 0.6 is 27.3 Å². The summed E-state index contributed by atoms with van der Waals surface area (Å²) in [6, 6.07) is 2.66. The summed E-state index contributed by atoms with van der Waals surface area (Å²) in [6.45, 7) is 0. The lowest BCUT2D eigenvalue weighted by Gasteiger charge is -2.18. The minimum Gasteiger partial charge on any atom is -0.309 e. The van der Waals surface area contributed by atoms with Crippen LogP contribution in [0.25, 0.3) is 0 Å². The van der Waals surface area contributed by atoms with E-state index in [0.29, 0.717) is 6.04 Å². The maximum atomic E-state index is 3.53. The molecule has 0 saturated carbocycles. The highest BCUT2D eigenvalue weighted by atomic mass is 79.9. The highest BCUT2D eigenvalue weighted by Gasteiger charge is 2.17. The molecule has 1 N–H and O–H groups in total. The molecule has 1 nitrogen and oxygen atoms in total. The molecule has 3 heteroatoms. The lowest BCUT2D eigenvalue weighted by atomic mass is 10.0. The van der Waals surface area contributed by atoms with Crippen molar-refractivity contribution < 1.29 is 0 Å². The van der Waals surface area contributed by atoms with Crippen molar-refractivity contribution in [2.45, 2.75) is 38.1 Å². The average molecular weight is 300 g/mol. The molecule has 0 saturated heterocycles. The summed E-state index contributed by atoms with van der Waals surface area (Å²) in [5.74, 6) is 0. The van der Waals surface area contributed by atoms with Gasteiger partial charge in [-0.05, 0) is 54.7 Å². The first-order valence-electron chi connectivity index (χ1n) is 5.91. The van der Waals surface area contributed by atoms with Gasteiger partial charge in [-0.15, -0.1) is 11.3 Å². The summed E-state index contributed by atoms with van der Waals surface area (Å²) in [4.78, 5) is 1.42. The zero-order valence-electron chi connectivity index (χ0n) is 9.63. The van der Waals surface area contributed by atoms with Crippen LogP contribution < -0.4 is 5.32 Å². The Hall–Kier alpha value is -0.120. The fraction of sp³-hybridized carbons (Fsp3) is 0.538. The quantitative estimate of drug-likeness (QED) is 0.800. The van der Waals surface area contributed by atoms with Crippen molar-refractivity contribution in [3.05, 3.63) is 32.4 Å². The Morgan fingerprint density at radius 2 is 2.25 bits per heavy atom. The molecule has 88 valence electrons. The first-order chi connectivity index (χ1) is 7.81. The highest BCUT2D eigenvalue weighted by Crippen LogP contribution is 2.33. The van der Waals surface area contributed by atoms with E-state index < -0.39 is 0 Å². The van der Waals surface area contributed by atoms with Crippen LogP contribution in [0.4, 0.5) is 0 Å². The number of likely N-dealkylation sites (N-methyl/N-ethyl adjacent to an activating group) is 1. The van der Waals surface area contributed by atoms with E-state index in [1.165, 1.54) is 41.5 Å². The zero-order chi connectivity index (χ0) is 11.4. The topological polar surface area (TPSA) is 12.0 Å². The first-order valence-corrected chi connectivity index (χ1v) is 7.58. The second kappa shape index (κ2) is 5.99. The molecule has 1 aromatic rings. The van der Waals surface area contributed by atoms with Crippen LogP contribution in [0.3, 0.4) is 0 Å². The van der Waals surface area contributed by atoms with Gasteiger partial charge in [-0.25, -0.2) is 0 Å². The molecule has 0 aromatic carbocycles. The predicted octanol–water partition coefficient (Wildman–Crippen LogP) is 4.66. The molecule has 2 rings (SSSR count). The minimum atomic E-state index is 0.425. The van der Waals surface area contributed by atoms with Gasteiger partial charge in [0, 0.05) is 14.7 Å². The second-order valence-corrected chi connectivity index (χ2v) is 6.13. The Labute approximate surface area is 110 Å². The summed E-state index contributed by atoms with van der Waals surface area (Å²) in [5, 5.41) is 5.61. The third kappa shape index (κ3) is 2.96. The SMILES string of the molecule is CNC(C1=CCCCCC1)c1cc(Br)cs1. The molecule has 0 spiro atoms. The number of nitrogens with one attached hydrogen (secondary N) is 1. The smallest absolute Gasteiger partial charge is 0.0628 e. The first kappa shape index (κ1) is 12.3. The van der Waals surface area contributed by atoms with Gasteiger partial charge in [-0.2, -0.15) is 0 Å². The standard InChI is InChI=1S/C13H18BrNS/c1-15-13(12-8-11(14)9-16-12)10-6-4-2-3-5-7-10/h6,8-9,13,15H,2-5,7H2,1H3. The van der Waals surface area contributed by atoms with Gasteiger partial charge in [0.15, 0.2) is 0 Å². The van der Waals surface area contributed by atoms with Gasteiger partial charge < -0.3 is 5.32 Å². The van der Waals surface area contributed by atoms with E-state index in [0.717, 1.165) is 0 Å². The molecule has 1 aliphatic rings. The van der Waals surface area contributed by atoms with Crippen molar-refractivity contribution in [2.24, 2.45) is 0 Å². The summed E-state index contributed by atoms with van der Waals surface area (Å²) < 4.78 is 1.20. The maximum Gasteiger partial charge on any atom is 0.0628 e. The van der Waals surface area contributed by atoms with Crippen molar-refractivity contribution in [1.82, 2.24) is 5.32 Å². The third-order valence-electron chi connectivity index (χ3n) is 3.11. The van der Waals surface area contributed by atoms with Gasteiger partial charge in [0.1, 0.15) is 0 Å². The average Bonchev–Trinajstić information content (AvgIpc) is 2.55. The molecule has 1 atom stereocenters. The van der Waals surface area contributed by atoms with Crippen LogP contribution in [0.5, 0.6) is 0 Å². The molecule has 0 aliphatic heterocycles. The number of allylic oxidation sites excluding steroid dienone is 1. The van der Waals surface area contributed by atoms with Crippen LogP contribution in [0.15, 0.2) is 27.6 Å². The Kier molecular flexibility index (Phi) is 4.62. The van der Waals surface area contributed by atoms with Crippen molar-refractivity contribution in [1.29, 1.82) is 0 Å². The molecule has 1 aromatic heterocycles. The van der Waals surface area contributed by atoms with E-state index >= 15 is 0 Å². The third-order valence-corrected chi connectivity index (χ3v) is 4.87. The monoisotopic (exact) mass is 299 g/mol. The molecule has 0 bridgehead atoms. The predicted molar refractivity (Wildman–Crippen MR) is 75.0 cm³/mol. The van der Waals surface area contributed by atoms with Crippen molar-refractivity contribution >= 4 is 27.3 Å². The maximum absolute atomic E-state index is 3.53. The van der Waals surface area contributed by atoms with Crippen molar-refractivity contribution in [3.63, 3.8) is 0 Å². The molecular formula is C13H18BrNS. The van der Waals surface area contributed by atoms with E-state index in [-0.39, 0.29) is 0 Å². The van der Waals surface area contributed by atoms with Gasteiger partial charge >= 0.3 is 0 Å². The fourth-order valence-electron chi connectivity index (χ4n) is 2.29. The van der Waals surface area contributed by atoms with Gasteiger partial charge in [0.2, 0.25) is 0 Å². The van der Waals surface area contributed by atoms with Crippen LogP contribution in [-0.2, 0) is 0 Å². The molecule has 1 heterocycles. The summed E-state index contributed by atoms with van der Waals surface area (Å²) in [5.41, 5.74) is 1.58. The Balaban J connectivity index is 2.18. The number of thiophene rings is 1. The van der Waals surface area contributed by atoms with Gasteiger partial charge in [0.05, 0.1) is 6.04 Å². The number of rotatable bonds is 3. The largest absolute Gasteiger partial charge is 0.309 e. The number of hydrogen-bond donors (Lipinski definition) is 1. The van der Waals surface area contributed by atoms with Crippen molar-refractivity contribution in [2.75, 3.05) is 7.05 Å². The summed E-state index contributed by atoms with van der Waals surface area (Å²) in [7, 11) is 2.06. The van der Waals surface area contributed by atoms with Crippen LogP contribution in [-0.4, -0.2) is 7.05 Å². The molecule has 16 heavy (non-hydrogen) atoms. The summed E-state index contributed by atoms with van der Waals surface area (Å²) in [6.07, 6.45) is 9.03. The zero-order valence-corrected chi connectivity index (χ0v) is 12.0. The molecule has 0 fully saturated rings. The minimum absolute atomic E-state index is 0.425. The Morgan fingerprint density at radius 1 is 1.38 bits per heavy atom. The molecule has 1 unspecified atom stereocenters. The lowest BCUT2D eigenvalue weighted by molar-refractivity contribution is 0.636. The molecular weight excluding hydrogens is 282 g/mol. The second-order valence-electron chi connectivity index (χ2n) is 4.27. The molecule has 1 aliphatic carbocycles. The molecule has 0 radical (unpaired) electrons. The number of hydrogen-bond acceptors (Lipinski definition) is 2. The Bertz CT molecular complexity index is 370.